The smallest absolute Gasteiger partial charge is 0.229 e. The minimum absolute atomic E-state index is 0.00155. The summed E-state index contributed by atoms with van der Waals surface area (Å²) in [5.41, 5.74) is 0. The lowest BCUT2D eigenvalue weighted by Gasteiger charge is -2.12. The zero-order chi connectivity index (χ0) is 14.3. The largest absolute Gasteiger partial charge is 0.240 e. The van der Waals surface area contributed by atoms with E-state index >= 15 is 0 Å². The van der Waals surface area contributed by atoms with Crippen LogP contribution < -0.4 is 4.72 Å². The van der Waals surface area contributed by atoms with Gasteiger partial charge in [0.2, 0.25) is 10.0 Å². The Balaban J connectivity index is 2.21. The van der Waals surface area contributed by atoms with Crippen molar-refractivity contribution in [2.75, 3.05) is 11.5 Å². The lowest BCUT2D eigenvalue weighted by molar-refractivity contribution is 0.562. The molecule has 106 valence electrons. The fourth-order valence-corrected chi connectivity index (χ4v) is 5.26. The van der Waals surface area contributed by atoms with Gasteiger partial charge in [-0.1, -0.05) is 23.2 Å². The molecule has 0 saturated carbocycles. The molecule has 19 heavy (non-hydrogen) atoms. The predicted molar refractivity (Wildman–Crippen MR) is 73.8 cm³/mol. The fraction of sp³-hybridized carbons (Fsp3) is 0.400. The Morgan fingerprint density at radius 3 is 2.42 bits per heavy atom. The van der Waals surface area contributed by atoms with Crippen molar-refractivity contribution in [2.24, 2.45) is 0 Å². The summed E-state index contributed by atoms with van der Waals surface area (Å²) in [6.07, 6.45) is 0.281. The number of sulfonamides is 1. The van der Waals surface area contributed by atoms with E-state index < -0.39 is 25.9 Å². The van der Waals surface area contributed by atoms with Gasteiger partial charge in [0, 0.05) is 6.04 Å². The number of hydrogen-bond donors (Lipinski definition) is 1. The van der Waals surface area contributed by atoms with Gasteiger partial charge in [0.05, 0.1) is 26.4 Å². The Morgan fingerprint density at radius 2 is 1.89 bits per heavy atom. The second kappa shape index (κ2) is 5.21. The highest BCUT2D eigenvalue weighted by Crippen LogP contribution is 2.25. The number of rotatable bonds is 3. The molecule has 1 fully saturated rings. The normalized spacial score (nSPS) is 22.5. The summed E-state index contributed by atoms with van der Waals surface area (Å²) in [7, 11) is -6.93. The molecule has 0 spiro atoms. The van der Waals surface area contributed by atoms with Crippen molar-refractivity contribution in [3.8, 4) is 0 Å². The molecule has 0 aliphatic carbocycles. The number of sulfone groups is 1. The Morgan fingerprint density at radius 1 is 1.21 bits per heavy atom. The molecule has 1 N–H and O–H groups in total. The van der Waals surface area contributed by atoms with Crippen molar-refractivity contribution in [3.05, 3.63) is 28.2 Å². The van der Waals surface area contributed by atoms with Gasteiger partial charge >= 0.3 is 0 Å². The molecular formula is C10H11Cl2NO4S2. The van der Waals surface area contributed by atoms with Crippen LogP contribution in [0.5, 0.6) is 0 Å². The first kappa shape index (κ1) is 15.1. The van der Waals surface area contributed by atoms with Crippen LogP contribution in [-0.4, -0.2) is 34.4 Å². The molecule has 1 saturated heterocycles. The minimum Gasteiger partial charge on any atom is -0.229 e. The average molecular weight is 344 g/mol. The number of benzene rings is 1. The molecule has 9 heteroatoms. The van der Waals surface area contributed by atoms with E-state index in [9.17, 15) is 16.8 Å². The monoisotopic (exact) mass is 343 g/mol. The highest BCUT2D eigenvalue weighted by Gasteiger charge is 2.31. The standard InChI is InChI=1S/C10H11Cl2NO4S2/c11-9-2-1-8(5-10(9)12)19(16,17)13-7-3-4-18(14,15)6-7/h1-2,5,7,13H,3-4,6H2/t7-/m0/s1. The Kier molecular flexibility index (Phi) is 4.13. The van der Waals surface area contributed by atoms with Crippen LogP contribution in [0.4, 0.5) is 0 Å². The first-order valence-corrected chi connectivity index (χ1v) is 9.43. The molecular weight excluding hydrogens is 333 g/mol. The summed E-state index contributed by atoms with van der Waals surface area (Å²) in [5.74, 6) is -0.172. The topological polar surface area (TPSA) is 80.3 Å². The zero-order valence-electron chi connectivity index (χ0n) is 9.64. The highest BCUT2D eigenvalue weighted by atomic mass is 35.5. The Labute approximate surface area is 121 Å². The van der Waals surface area contributed by atoms with Gasteiger partial charge in [0.25, 0.3) is 0 Å². The van der Waals surface area contributed by atoms with Crippen LogP contribution in [0.15, 0.2) is 23.1 Å². The molecule has 0 aromatic heterocycles. The second-order valence-electron chi connectivity index (χ2n) is 4.30. The van der Waals surface area contributed by atoms with Gasteiger partial charge < -0.3 is 0 Å². The van der Waals surface area contributed by atoms with E-state index in [1.807, 2.05) is 0 Å². The molecule has 0 amide bonds. The maximum atomic E-state index is 12.1. The van der Waals surface area contributed by atoms with E-state index in [4.69, 9.17) is 23.2 Å². The van der Waals surface area contributed by atoms with Crippen molar-refractivity contribution in [2.45, 2.75) is 17.4 Å². The maximum absolute atomic E-state index is 12.1. The third kappa shape index (κ3) is 3.61. The van der Waals surface area contributed by atoms with Crippen LogP contribution in [0, 0.1) is 0 Å². The zero-order valence-corrected chi connectivity index (χ0v) is 12.8. The van der Waals surface area contributed by atoms with E-state index in [2.05, 4.69) is 4.72 Å². The first-order valence-electron chi connectivity index (χ1n) is 5.37. The second-order valence-corrected chi connectivity index (χ2v) is 9.05. The van der Waals surface area contributed by atoms with Gasteiger partial charge in [0.15, 0.2) is 9.84 Å². The molecule has 1 aromatic rings. The number of halogens is 2. The third-order valence-corrected chi connectivity index (χ3v) is 6.78. The Hall–Kier alpha value is -0.340. The molecule has 1 aromatic carbocycles. The molecule has 0 radical (unpaired) electrons. The predicted octanol–water partition coefficient (Wildman–Crippen LogP) is 1.46. The highest BCUT2D eigenvalue weighted by molar-refractivity contribution is 7.92. The van der Waals surface area contributed by atoms with Gasteiger partial charge in [-0.25, -0.2) is 21.6 Å². The van der Waals surface area contributed by atoms with E-state index in [0.717, 1.165) is 0 Å². The number of nitrogens with one attached hydrogen (secondary N) is 1. The van der Waals surface area contributed by atoms with E-state index in [0.29, 0.717) is 0 Å². The van der Waals surface area contributed by atoms with Crippen LogP contribution in [-0.2, 0) is 19.9 Å². The summed E-state index contributed by atoms with van der Waals surface area (Å²) < 4.78 is 49.1. The minimum atomic E-state index is -3.79. The third-order valence-electron chi connectivity index (χ3n) is 2.76. The van der Waals surface area contributed by atoms with Crippen molar-refractivity contribution in [1.82, 2.24) is 4.72 Å². The van der Waals surface area contributed by atoms with Gasteiger partial charge in [-0.3, -0.25) is 0 Å². The van der Waals surface area contributed by atoms with Crippen molar-refractivity contribution >= 4 is 43.1 Å². The summed E-state index contributed by atoms with van der Waals surface area (Å²) in [4.78, 5) is -0.0359. The molecule has 1 aliphatic heterocycles. The van der Waals surface area contributed by atoms with Crippen LogP contribution >= 0.6 is 23.2 Å². The molecule has 1 heterocycles. The molecule has 0 bridgehead atoms. The lowest BCUT2D eigenvalue weighted by Crippen LogP contribution is -2.35. The summed E-state index contributed by atoms with van der Waals surface area (Å²) in [6, 6.07) is 3.34. The first-order chi connectivity index (χ1) is 8.70. The molecule has 1 atom stereocenters. The fourth-order valence-electron chi connectivity index (χ4n) is 1.82. The molecule has 2 rings (SSSR count). The molecule has 5 nitrogen and oxygen atoms in total. The molecule has 1 aliphatic rings. The van der Waals surface area contributed by atoms with Gasteiger partial charge in [-0.2, -0.15) is 0 Å². The van der Waals surface area contributed by atoms with Crippen molar-refractivity contribution in [3.63, 3.8) is 0 Å². The van der Waals surface area contributed by atoms with Crippen LogP contribution in [0.25, 0.3) is 0 Å². The lowest BCUT2D eigenvalue weighted by atomic mass is 10.3. The van der Waals surface area contributed by atoms with Gasteiger partial charge in [0.1, 0.15) is 0 Å². The van der Waals surface area contributed by atoms with E-state index in [1.54, 1.807) is 0 Å². The maximum Gasteiger partial charge on any atom is 0.240 e. The quantitative estimate of drug-likeness (QED) is 0.900. The number of hydrogen-bond acceptors (Lipinski definition) is 4. The van der Waals surface area contributed by atoms with Crippen LogP contribution in [0.1, 0.15) is 6.42 Å². The van der Waals surface area contributed by atoms with Crippen LogP contribution in [0.3, 0.4) is 0 Å². The van der Waals surface area contributed by atoms with Crippen molar-refractivity contribution in [1.29, 1.82) is 0 Å². The van der Waals surface area contributed by atoms with E-state index in [1.165, 1.54) is 18.2 Å². The van der Waals surface area contributed by atoms with Crippen molar-refractivity contribution < 1.29 is 16.8 Å². The van der Waals surface area contributed by atoms with Crippen LogP contribution in [0.2, 0.25) is 10.0 Å². The molecule has 0 unspecified atom stereocenters. The SMILES string of the molecule is O=S1(=O)CC[C@H](NS(=O)(=O)c2ccc(Cl)c(Cl)c2)C1. The van der Waals surface area contributed by atoms with E-state index in [-0.39, 0.29) is 32.9 Å². The van der Waals surface area contributed by atoms with Gasteiger partial charge in [-0.05, 0) is 24.6 Å². The Bertz CT molecular complexity index is 700. The van der Waals surface area contributed by atoms with Gasteiger partial charge in [-0.15, -0.1) is 0 Å². The summed E-state index contributed by atoms with van der Waals surface area (Å²) >= 11 is 11.5. The average Bonchev–Trinajstić information content (AvgIpc) is 2.61. The summed E-state index contributed by atoms with van der Waals surface area (Å²) in [5, 5.41) is 0.382. The summed E-state index contributed by atoms with van der Waals surface area (Å²) in [6.45, 7) is 0.